The molecule has 6 nitrogen and oxygen atoms in total. The summed E-state index contributed by atoms with van der Waals surface area (Å²) < 4.78 is 13.1. The molecule has 32 heavy (non-hydrogen) atoms. The maximum atomic E-state index is 13.1. The van der Waals surface area contributed by atoms with E-state index in [4.69, 9.17) is 5.73 Å². The minimum atomic E-state index is -0.624. The predicted octanol–water partition coefficient (Wildman–Crippen LogP) is 3.02. The average molecular weight is 439 g/mol. The number of amides is 2. The number of piperidine rings is 1. The highest BCUT2D eigenvalue weighted by Crippen LogP contribution is 2.34. The van der Waals surface area contributed by atoms with Gasteiger partial charge in [0.15, 0.2) is 0 Å². The fourth-order valence-corrected chi connectivity index (χ4v) is 5.05. The molecule has 0 bridgehead atoms. The van der Waals surface area contributed by atoms with Gasteiger partial charge < -0.3 is 20.9 Å². The monoisotopic (exact) mass is 438 g/mol. The van der Waals surface area contributed by atoms with Gasteiger partial charge in [-0.2, -0.15) is 0 Å². The zero-order valence-electron chi connectivity index (χ0n) is 18.4. The van der Waals surface area contributed by atoms with Crippen molar-refractivity contribution < 1.29 is 14.0 Å². The number of benzene rings is 2. The summed E-state index contributed by atoms with van der Waals surface area (Å²) in [7, 11) is 2.07. The van der Waals surface area contributed by atoms with Crippen LogP contribution in [0.2, 0.25) is 0 Å². The Kier molecular flexibility index (Phi) is 6.86. The zero-order valence-corrected chi connectivity index (χ0v) is 18.4. The quantitative estimate of drug-likeness (QED) is 0.752. The van der Waals surface area contributed by atoms with Gasteiger partial charge in [0.2, 0.25) is 11.8 Å². The third kappa shape index (κ3) is 5.00. The van der Waals surface area contributed by atoms with Gasteiger partial charge in [0.25, 0.3) is 0 Å². The molecule has 2 fully saturated rings. The Balaban J connectivity index is 1.29. The van der Waals surface area contributed by atoms with Gasteiger partial charge in [0, 0.05) is 31.4 Å². The van der Waals surface area contributed by atoms with Crippen molar-refractivity contribution in [2.75, 3.05) is 32.0 Å². The molecule has 3 atom stereocenters. The van der Waals surface area contributed by atoms with Crippen LogP contribution in [0.15, 0.2) is 54.6 Å². The zero-order chi connectivity index (χ0) is 22.7. The maximum Gasteiger partial charge on any atom is 0.244 e. The third-order valence-corrected chi connectivity index (χ3v) is 6.90. The van der Waals surface area contributed by atoms with Crippen molar-refractivity contribution in [1.82, 2.24) is 9.80 Å². The number of nitrogens with two attached hydrogens (primary N) is 1. The number of nitrogens with zero attached hydrogens (tertiary/aromatic N) is 2. The summed E-state index contributed by atoms with van der Waals surface area (Å²) in [4.78, 5) is 29.7. The van der Waals surface area contributed by atoms with Gasteiger partial charge >= 0.3 is 0 Å². The second-order valence-corrected chi connectivity index (χ2v) is 8.99. The van der Waals surface area contributed by atoms with Crippen LogP contribution in [0, 0.1) is 17.7 Å². The van der Waals surface area contributed by atoms with E-state index < -0.39 is 6.04 Å². The molecule has 2 aromatic carbocycles. The van der Waals surface area contributed by atoms with Crippen molar-refractivity contribution in [2.45, 2.75) is 31.3 Å². The maximum absolute atomic E-state index is 13.1. The number of carbonyl (C=O) groups is 2. The second kappa shape index (κ2) is 9.79. The van der Waals surface area contributed by atoms with Gasteiger partial charge in [-0.15, -0.1) is 0 Å². The number of likely N-dealkylation sites (tertiary alicyclic amines) is 2. The van der Waals surface area contributed by atoms with Crippen LogP contribution in [-0.4, -0.2) is 54.3 Å². The number of hydrogen-bond donors (Lipinski definition) is 2. The number of nitrogens with one attached hydrogen (secondary N) is 1. The lowest BCUT2D eigenvalue weighted by Crippen LogP contribution is -2.46. The summed E-state index contributed by atoms with van der Waals surface area (Å²) in [6, 6.07) is 15.0. The Morgan fingerprint density at radius 2 is 1.72 bits per heavy atom. The first-order chi connectivity index (χ1) is 15.4. The third-order valence-electron chi connectivity index (χ3n) is 6.90. The van der Waals surface area contributed by atoms with Crippen LogP contribution < -0.4 is 11.1 Å². The molecule has 3 unspecified atom stereocenters. The van der Waals surface area contributed by atoms with Crippen molar-refractivity contribution in [3.63, 3.8) is 0 Å². The molecule has 2 saturated heterocycles. The normalized spacial score (nSPS) is 23.2. The highest BCUT2D eigenvalue weighted by atomic mass is 19.1. The summed E-state index contributed by atoms with van der Waals surface area (Å²) in [5.74, 6) is -0.0153. The molecule has 4 rings (SSSR count). The average Bonchev–Trinajstić information content (AvgIpc) is 3.22. The van der Waals surface area contributed by atoms with Crippen LogP contribution in [0.1, 0.15) is 30.9 Å². The van der Waals surface area contributed by atoms with Crippen molar-refractivity contribution in [3.8, 4) is 0 Å². The van der Waals surface area contributed by atoms with E-state index in [1.165, 1.54) is 12.1 Å². The first-order valence-electron chi connectivity index (χ1n) is 11.3. The molecule has 0 aromatic heterocycles. The Morgan fingerprint density at radius 1 is 1.06 bits per heavy atom. The summed E-state index contributed by atoms with van der Waals surface area (Å²) in [6.07, 6.45) is 2.62. The SMILES string of the molecule is CN1CC(C(=O)Nc2ccc(F)cc2)CC1C1CCN(C(=O)C(N)c2ccccc2)CC1. The van der Waals surface area contributed by atoms with Crippen LogP contribution in [0.5, 0.6) is 0 Å². The molecule has 2 heterocycles. The molecule has 2 amide bonds. The number of halogens is 1. The van der Waals surface area contributed by atoms with E-state index >= 15 is 0 Å². The molecule has 170 valence electrons. The fourth-order valence-electron chi connectivity index (χ4n) is 5.05. The smallest absolute Gasteiger partial charge is 0.244 e. The Morgan fingerprint density at radius 3 is 2.38 bits per heavy atom. The molecule has 0 spiro atoms. The van der Waals surface area contributed by atoms with Gasteiger partial charge in [-0.1, -0.05) is 30.3 Å². The predicted molar refractivity (Wildman–Crippen MR) is 122 cm³/mol. The van der Waals surface area contributed by atoms with Crippen molar-refractivity contribution in [3.05, 3.63) is 66.0 Å². The summed E-state index contributed by atoms with van der Waals surface area (Å²) >= 11 is 0. The van der Waals surface area contributed by atoms with E-state index in [0.29, 0.717) is 37.3 Å². The van der Waals surface area contributed by atoms with E-state index in [1.54, 1.807) is 12.1 Å². The summed E-state index contributed by atoms with van der Waals surface area (Å²) in [5.41, 5.74) is 7.66. The lowest BCUT2D eigenvalue weighted by Gasteiger charge is -2.38. The number of rotatable bonds is 5. The first-order valence-corrected chi connectivity index (χ1v) is 11.3. The van der Waals surface area contributed by atoms with E-state index in [1.807, 2.05) is 35.2 Å². The van der Waals surface area contributed by atoms with Gasteiger partial charge in [0.05, 0.1) is 5.92 Å². The lowest BCUT2D eigenvalue weighted by molar-refractivity contribution is -0.134. The van der Waals surface area contributed by atoms with E-state index in [-0.39, 0.29) is 23.5 Å². The number of hydrogen-bond acceptors (Lipinski definition) is 4. The standard InChI is InChI=1S/C25H31FN4O2/c1-29-16-19(24(31)28-21-9-7-20(26)8-10-21)15-22(29)17-11-13-30(14-12-17)25(32)23(27)18-5-3-2-4-6-18/h2-10,17,19,22-23H,11-16,27H2,1H3,(H,28,31). The second-order valence-electron chi connectivity index (χ2n) is 8.99. The Bertz CT molecular complexity index is 929. The number of anilines is 1. The highest BCUT2D eigenvalue weighted by molar-refractivity contribution is 5.92. The van der Waals surface area contributed by atoms with Crippen LogP contribution >= 0.6 is 0 Å². The molecular weight excluding hydrogens is 407 g/mol. The summed E-state index contributed by atoms with van der Waals surface area (Å²) in [5, 5.41) is 2.91. The molecule has 0 aliphatic carbocycles. The van der Waals surface area contributed by atoms with Gasteiger partial charge in [-0.05, 0) is 62.1 Å². The van der Waals surface area contributed by atoms with Crippen molar-refractivity contribution in [2.24, 2.45) is 17.6 Å². The minimum absolute atomic E-state index is 0.0209. The van der Waals surface area contributed by atoms with Crippen molar-refractivity contribution >= 4 is 17.5 Å². The molecule has 7 heteroatoms. The largest absolute Gasteiger partial charge is 0.341 e. The highest BCUT2D eigenvalue weighted by Gasteiger charge is 2.40. The summed E-state index contributed by atoms with van der Waals surface area (Å²) in [6.45, 7) is 2.09. The Labute approximate surface area is 188 Å². The molecule has 0 saturated carbocycles. The molecule has 0 radical (unpaired) electrons. The van der Waals surface area contributed by atoms with E-state index in [0.717, 1.165) is 24.8 Å². The van der Waals surface area contributed by atoms with Gasteiger partial charge in [-0.3, -0.25) is 9.59 Å². The molecule has 2 aliphatic heterocycles. The van der Waals surface area contributed by atoms with Crippen LogP contribution in [0.3, 0.4) is 0 Å². The Hall–Kier alpha value is -2.77. The first kappa shape index (κ1) is 22.4. The van der Waals surface area contributed by atoms with Crippen molar-refractivity contribution in [1.29, 1.82) is 0 Å². The van der Waals surface area contributed by atoms with E-state index in [9.17, 15) is 14.0 Å². The van der Waals surface area contributed by atoms with Crippen LogP contribution in [-0.2, 0) is 9.59 Å². The van der Waals surface area contributed by atoms with Crippen LogP contribution in [0.4, 0.5) is 10.1 Å². The minimum Gasteiger partial charge on any atom is -0.341 e. The van der Waals surface area contributed by atoms with E-state index in [2.05, 4.69) is 17.3 Å². The topological polar surface area (TPSA) is 78.7 Å². The lowest BCUT2D eigenvalue weighted by atomic mass is 9.86. The van der Waals surface area contributed by atoms with Crippen LogP contribution in [0.25, 0.3) is 0 Å². The molecule has 3 N–H and O–H groups in total. The molecule has 2 aromatic rings. The van der Waals surface area contributed by atoms with Gasteiger partial charge in [-0.25, -0.2) is 4.39 Å². The number of carbonyl (C=O) groups excluding carboxylic acids is 2. The molecule has 2 aliphatic rings. The van der Waals surface area contributed by atoms with Gasteiger partial charge in [0.1, 0.15) is 11.9 Å². The fraction of sp³-hybridized carbons (Fsp3) is 0.440. The molecular formula is C25H31FN4O2.